The van der Waals surface area contributed by atoms with Crippen LogP contribution in [-0.2, 0) is 6.54 Å². The van der Waals surface area contributed by atoms with Crippen LogP contribution in [0, 0.1) is 16.7 Å². The first-order chi connectivity index (χ1) is 7.85. The Kier molecular flexibility index (Phi) is 2.94. The molecule has 1 aliphatic rings. The van der Waals surface area contributed by atoms with Gasteiger partial charge in [0.05, 0.1) is 0 Å². The van der Waals surface area contributed by atoms with Crippen LogP contribution in [0.15, 0.2) is 24.3 Å². The highest BCUT2D eigenvalue weighted by Crippen LogP contribution is 2.67. The van der Waals surface area contributed by atoms with Gasteiger partial charge in [-0.25, -0.2) is 0 Å². The normalized spacial score (nSPS) is 21.4. The van der Waals surface area contributed by atoms with Gasteiger partial charge in [0.2, 0.25) is 0 Å². The Labute approximate surface area is 105 Å². The van der Waals surface area contributed by atoms with Gasteiger partial charge in [-0.15, -0.1) is 0 Å². The lowest BCUT2D eigenvalue weighted by molar-refractivity contribution is 0.457. The van der Waals surface area contributed by atoms with E-state index in [1.807, 2.05) is 12.1 Å². The van der Waals surface area contributed by atoms with Gasteiger partial charge in [-0.1, -0.05) is 39.8 Å². The molecule has 0 radical (unpaired) electrons. The van der Waals surface area contributed by atoms with E-state index < -0.39 is 0 Å². The molecule has 0 heterocycles. The van der Waals surface area contributed by atoms with Crippen molar-refractivity contribution in [3.05, 3.63) is 29.8 Å². The lowest BCUT2D eigenvalue weighted by Crippen LogP contribution is -2.18. The molecule has 1 aromatic rings. The van der Waals surface area contributed by atoms with E-state index in [-0.39, 0.29) is 0 Å². The molecule has 1 aliphatic carbocycles. The molecule has 2 nitrogen and oxygen atoms in total. The molecule has 0 atom stereocenters. The van der Waals surface area contributed by atoms with Crippen molar-refractivity contribution >= 4 is 5.69 Å². The Bertz CT molecular complexity index is 376. The molecule has 1 fully saturated rings. The maximum absolute atomic E-state index is 5.66. The van der Waals surface area contributed by atoms with Crippen LogP contribution in [0.5, 0.6) is 0 Å². The highest BCUT2D eigenvalue weighted by atomic mass is 14.9. The number of nitrogens with two attached hydrogens (primary N) is 1. The van der Waals surface area contributed by atoms with E-state index in [4.69, 9.17) is 5.73 Å². The molecule has 1 saturated carbocycles. The topological polar surface area (TPSA) is 38.0 Å². The number of anilines is 1. The van der Waals surface area contributed by atoms with Crippen LogP contribution in [0.4, 0.5) is 5.69 Å². The van der Waals surface area contributed by atoms with Crippen molar-refractivity contribution in [2.24, 2.45) is 16.7 Å². The summed E-state index contributed by atoms with van der Waals surface area (Å²) in [5.74, 6) is 0.781. The van der Waals surface area contributed by atoms with Crippen LogP contribution in [0.1, 0.15) is 33.3 Å². The fraction of sp³-hybridized carbons (Fsp3) is 0.600. The van der Waals surface area contributed by atoms with Crippen molar-refractivity contribution in [2.45, 2.75) is 34.2 Å². The predicted molar refractivity (Wildman–Crippen MR) is 73.6 cm³/mol. The Hall–Kier alpha value is -1.02. The average Bonchev–Trinajstić information content (AvgIpc) is 2.63. The van der Waals surface area contributed by atoms with Crippen molar-refractivity contribution in [2.75, 3.05) is 12.3 Å². The van der Waals surface area contributed by atoms with Crippen LogP contribution in [-0.4, -0.2) is 6.54 Å². The number of nitrogens with one attached hydrogen (secondary N) is 1. The van der Waals surface area contributed by atoms with Crippen molar-refractivity contribution in [3.8, 4) is 0 Å². The molecule has 0 aliphatic heterocycles. The monoisotopic (exact) mass is 232 g/mol. The molecular formula is C15H24N2. The van der Waals surface area contributed by atoms with Crippen LogP contribution in [0.2, 0.25) is 0 Å². The van der Waals surface area contributed by atoms with Gasteiger partial charge in [-0.3, -0.25) is 0 Å². The maximum Gasteiger partial charge on any atom is 0.0314 e. The summed E-state index contributed by atoms with van der Waals surface area (Å²) in [6.45, 7) is 11.5. The summed E-state index contributed by atoms with van der Waals surface area (Å²) >= 11 is 0. The minimum atomic E-state index is 0.473. The lowest BCUT2D eigenvalue weighted by Gasteiger charge is -2.06. The van der Waals surface area contributed by atoms with E-state index >= 15 is 0 Å². The summed E-state index contributed by atoms with van der Waals surface area (Å²) < 4.78 is 0. The van der Waals surface area contributed by atoms with Crippen molar-refractivity contribution in [3.63, 3.8) is 0 Å². The number of benzene rings is 1. The molecule has 0 spiro atoms. The lowest BCUT2D eigenvalue weighted by atomic mass is 10.0. The Morgan fingerprint density at radius 3 is 2.06 bits per heavy atom. The summed E-state index contributed by atoms with van der Waals surface area (Å²) in [6.07, 6.45) is 0. The highest BCUT2D eigenvalue weighted by molar-refractivity contribution is 5.39. The first-order valence-corrected chi connectivity index (χ1v) is 6.41. The number of nitrogen functional groups attached to an aromatic ring is 1. The summed E-state index contributed by atoms with van der Waals surface area (Å²) in [7, 11) is 0. The summed E-state index contributed by atoms with van der Waals surface area (Å²) in [6, 6.07) is 8.10. The summed E-state index contributed by atoms with van der Waals surface area (Å²) in [4.78, 5) is 0. The SMILES string of the molecule is CC1(C)C(CNCc2ccc(N)cc2)C1(C)C. The minimum absolute atomic E-state index is 0.473. The Balaban J connectivity index is 1.80. The zero-order valence-electron chi connectivity index (χ0n) is 11.4. The van der Waals surface area contributed by atoms with Crippen molar-refractivity contribution in [1.82, 2.24) is 5.32 Å². The third kappa shape index (κ3) is 2.19. The molecule has 0 amide bonds. The second kappa shape index (κ2) is 4.02. The second-order valence-electron chi connectivity index (χ2n) is 6.37. The van der Waals surface area contributed by atoms with E-state index in [1.54, 1.807) is 0 Å². The molecule has 1 aromatic carbocycles. The van der Waals surface area contributed by atoms with E-state index in [2.05, 4.69) is 45.1 Å². The van der Waals surface area contributed by atoms with E-state index in [1.165, 1.54) is 5.56 Å². The average molecular weight is 232 g/mol. The molecule has 3 N–H and O–H groups in total. The second-order valence-corrected chi connectivity index (χ2v) is 6.37. The van der Waals surface area contributed by atoms with Gasteiger partial charge in [0.15, 0.2) is 0 Å². The van der Waals surface area contributed by atoms with Gasteiger partial charge < -0.3 is 11.1 Å². The first kappa shape index (κ1) is 12.4. The van der Waals surface area contributed by atoms with Gasteiger partial charge >= 0.3 is 0 Å². The zero-order chi connectivity index (χ0) is 12.7. The van der Waals surface area contributed by atoms with Gasteiger partial charge in [0, 0.05) is 12.2 Å². The molecule has 0 unspecified atom stereocenters. The van der Waals surface area contributed by atoms with Crippen LogP contribution >= 0.6 is 0 Å². The zero-order valence-corrected chi connectivity index (χ0v) is 11.4. The summed E-state index contributed by atoms with van der Waals surface area (Å²) in [5, 5.41) is 3.55. The molecule has 0 bridgehead atoms. The largest absolute Gasteiger partial charge is 0.399 e. The fourth-order valence-corrected chi connectivity index (χ4v) is 2.84. The van der Waals surface area contributed by atoms with E-state index in [0.717, 1.165) is 24.7 Å². The fourth-order valence-electron chi connectivity index (χ4n) is 2.84. The van der Waals surface area contributed by atoms with Gasteiger partial charge in [-0.05, 0) is 41.0 Å². The van der Waals surface area contributed by atoms with Gasteiger partial charge in [-0.2, -0.15) is 0 Å². The van der Waals surface area contributed by atoms with Gasteiger partial charge in [0.1, 0.15) is 0 Å². The molecule has 17 heavy (non-hydrogen) atoms. The molecule has 2 heteroatoms. The van der Waals surface area contributed by atoms with Crippen LogP contribution in [0.3, 0.4) is 0 Å². The van der Waals surface area contributed by atoms with E-state index in [0.29, 0.717) is 10.8 Å². The van der Waals surface area contributed by atoms with Crippen LogP contribution < -0.4 is 11.1 Å². The third-order valence-electron chi connectivity index (χ3n) is 4.98. The maximum atomic E-state index is 5.66. The quantitative estimate of drug-likeness (QED) is 0.783. The molecule has 0 aromatic heterocycles. The standard InChI is InChI=1S/C15H24N2/c1-14(2)13(15(14,3)4)10-17-9-11-5-7-12(16)8-6-11/h5-8,13,17H,9-10,16H2,1-4H3. The Morgan fingerprint density at radius 1 is 1.06 bits per heavy atom. The number of hydrogen-bond acceptors (Lipinski definition) is 2. The smallest absolute Gasteiger partial charge is 0.0314 e. The Morgan fingerprint density at radius 2 is 1.59 bits per heavy atom. The minimum Gasteiger partial charge on any atom is -0.399 e. The van der Waals surface area contributed by atoms with E-state index in [9.17, 15) is 0 Å². The van der Waals surface area contributed by atoms with Crippen molar-refractivity contribution in [1.29, 1.82) is 0 Å². The third-order valence-corrected chi connectivity index (χ3v) is 4.98. The van der Waals surface area contributed by atoms with Gasteiger partial charge in [0.25, 0.3) is 0 Å². The molecule has 94 valence electrons. The molecular weight excluding hydrogens is 208 g/mol. The molecule has 0 saturated heterocycles. The number of rotatable bonds is 4. The van der Waals surface area contributed by atoms with Crippen LogP contribution in [0.25, 0.3) is 0 Å². The van der Waals surface area contributed by atoms with Crippen molar-refractivity contribution < 1.29 is 0 Å². The number of hydrogen-bond donors (Lipinski definition) is 2. The highest BCUT2D eigenvalue weighted by Gasteiger charge is 2.63. The first-order valence-electron chi connectivity index (χ1n) is 6.41. The predicted octanol–water partition coefficient (Wildman–Crippen LogP) is 3.04. The summed E-state index contributed by atoms with van der Waals surface area (Å²) in [5.41, 5.74) is 8.74. The molecule has 2 rings (SSSR count).